The average molecular weight is 422 g/mol. The lowest BCUT2D eigenvalue weighted by Crippen LogP contribution is -2.15. The monoisotopic (exact) mass is 421 g/mol. The minimum Gasteiger partial charge on any atom is -0.322 e. The van der Waals surface area contributed by atoms with Gasteiger partial charge in [0.2, 0.25) is 0 Å². The van der Waals surface area contributed by atoms with Crippen molar-refractivity contribution in [2.24, 2.45) is 0 Å². The van der Waals surface area contributed by atoms with Gasteiger partial charge in [0.25, 0.3) is 5.91 Å². The van der Waals surface area contributed by atoms with Crippen molar-refractivity contribution in [2.75, 3.05) is 26.0 Å². The number of nitrogens with zero attached hydrogens (tertiary/aromatic N) is 4. The summed E-state index contributed by atoms with van der Waals surface area (Å²) in [5, 5.41) is 18.3. The van der Waals surface area contributed by atoms with Gasteiger partial charge in [-0.2, -0.15) is 5.10 Å². The predicted octanol–water partition coefficient (Wildman–Crippen LogP) is 3.81. The molecule has 2 aromatic carbocycles. The van der Waals surface area contributed by atoms with E-state index in [-0.39, 0.29) is 11.6 Å². The Labute approximate surface area is 181 Å². The van der Waals surface area contributed by atoms with E-state index in [9.17, 15) is 14.9 Å². The first kappa shape index (κ1) is 22.2. The Balaban J connectivity index is 1.63. The van der Waals surface area contributed by atoms with Gasteiger partial charge in [-0.15, -0.1) is 0 Å². The maximum absolute atomic E-state index is 12.6. The number of anilines is 1. The standard InChI is InChI=1S/C23H27N5O3/c1-16-22(28(30)31)17(2)27(25-16)15-19-5-9-20(10-6-19)23(29)24-21-11-7-18(8-12-21)13-14-26(3)4/h5-12H,13-15H2,1-4H3,(H,24,29). The van der Waals surface area contributed by atoms with Gasteiger partial charge in [0.1, 0.15) is 11.4 Å². The number of nitro groups is 1. The Hall–Kier alpha value is -3.52. The number of carbonyl (C=O) groups is 1. The molecular weight excluding hydrogens is 394 g/mol. The van der Waals surface area contributed by atoms with Crippen LogP contribution in [-0.4, -0.2) is 46.2 Å². The molecule has 0 saturated heterocycles. The van der Waals surface area contributed by atoms with Gasteiger partial charge in [0.05, 0.1) is 11.5 Å². The molecule has 0 atom stereocenters. The molecule has 3 rings (SSSR count). The van der Waals surface area contributed by atoms with E-state index in [1.54, 1.807) is 30.7 Å². The van der Waals surface area contributed by atoms with Crippen LogP contribution in [0.25, 0.3) is 0 Å². The zero-order valence-electron chi connectivity index (χ0n) is 18.3. The molecule has 31 heavy (non-hydrogen) atoms. The van der Waals surface area contributed by atoms with E-state index in [1.807, 2.05) is 50.5 Å². The fourth-order valence-electron chi connectivity index (χ4n) is 3.35. The van der Waals surface area contributed by atoms with Crippen molar-refractivity contribution in [3.8, 4) is 0 Å². The third kappa shape index (κ3) is 5.55. The second-order valence-electron chi connectivity index (χ2n) is 7.84. The first-order valence-corrected chi connectivity index (χ1v) is 10.1. The number of carbonyl (C=O) groups excluding carboxylic acids is 1. The smallest absolute Gasteiger partial charge is 0.312 e. The summed E-state index contributed by atoms with van der Waals surface area (Å²) in [4.78, 5) is 25.4. The number of hydrogen-bond acceptors (Lipinski definition) is 5. The predicted molar refractivity (Wildman–Crippen MR) is 121 cm³/mol. The summed E-state index contributed by atoms with van der Waals surface area (Å²) in [6.07, 6.45) is 0.959. The lowest BCUT2D eigenvalue weighted by atomic mass is 10.1. The lowest BCUT2D eigenvalue weighted by molar-refractivity contribution is -0.386. The third-order valence-corrected chi connectivity index (χ3v) is 5.13. The van der Waals surface area contributed by atoms with Gasteiger partial charge >= 0.3 is 5.69 Å². The molecule has 162 valence electrons. The first-order valence-electron chi connectivity index (χ1n) is 10.1. The van der Waals surface area contributed by atoms with Crippen molar-refractivity contribution in [1.29, 1.82) is 0 Å². The van der Waals surface area contributed by atoms with Gasteiger partial charge in [-0.1, -0.05) is 24.3 Å². The van der Waals surface area contributed by atoms with Crippen molar-refractivity contribution < 1.29 is 9.72 Å². The molecule has 0 bridgehead atoms. The number of rotatable bonds is 8. The van der Waals surface area contributed by atoms with Gasteiger partial charge in [0, 0.05) is 17.8 Å². The van der Waals surface area contributed by atoms with Gasteiger partial charge in [0.15, 0.2) is 0 Å². The molecule has 1 amide bonds. The molecule has 0 saturated carbocycles. The highest BCUT2D eigenvalue weighted by molar-refractivity contribution is 6.04. The van der Waals surface area contributed by atoms with Crippen molar-refractivity contribution in [3.63, 3.8) is 0 Å². The number of aryl methyl sites for hydroxylation is 1. The van der Waals surface area contributed by atoms with E-state index in [0.717, 1.165) is 24.2 Å². The number of nitrogens with one attached hydrogen (secondary N) is 1. The third-order valence-electron chi connectivity index (χ3n) is 5.13. The summed E-state index contributed by atoms with van der Waals surface area (Å²) in [5.41, 5.74) is 4.37. The van der Waals surface area contributed by atoms with Crippen LogP contribution in [0.1, 0.15) is 32.9 Å². The summed E-state index contributed by atoms with van der Waals surface area (Å²) in [5.74, 6) is -0.186. The van der Waals surface area contributed by atoms with Gasteiger partial charge in [-0.25, -0.2) is 0 Å². The Morgan fingerprint density at radius 2 is 1.68 bits per heavy atom. The van der Waals surface area contributed by atoms with Crippen molar-refractivity contribution in [1.82, 2.24) is 14.7 Å². The summed E-state index contributed by atoms with van der Waals surface area (Å²) >= 11 is 0. The van der Waals surface area contributed by atoms with E-state index in [2.05, 4.69) is 15.3 Å². The van der Waals surface area contributed by atoms with Crippen LogP contribution >= 0.6 is 0 Å². The van der Waals surface area contributed by atoms with Crippen LogP contribution in [0, 0.1) is 24.0 Å². The number of hydrogen-bond donors (Lipinski definition) is 1. The van der Waals surface area contributed by atoms with E-state index < -0.39 is 4.92 Å². The van der Waals surface area contributed by atoms with Crippen LogP contribution in [0.2, 0.25) is 0 Å². The molecule has 0 radical (unpaired) electrons. The second-order valence-corrected chi connectivity index (χ2v) is 7.84. The highest BCUT2D eigenvalue weighted by Crippen LogP contribution is 2.22. The van der Waals surface area contributed by atoms with E-state index >= 15 is 0 Å². The maximum atomic E-state index is 12.6. The molecule has 3 aromatic rings. The molecule has 1 heterocycles. The highest BCUT2D eigenvalue weighted by atomic mass is 16.6. The fraction of sp³-hybridized carbons (Fsp3) is 0.304. The van der Waals surface area contributed by atoms with E-state index in [4.69, 9.17) is 0 Å². The Morgan fingerprint density at radius 1 is 1.06 bits per heavy atom. The molecule has 1 aromatic heterocycles. The Bertz CT molecular complexity index is 1070. The van der Waals surface area contributed by atoms with Crippen LogP contribution < -0.4 is 5.32 Å². The Kier molecular flexibility index (Phi) is 6.81. The SMILES string of the molecule is Cc1nn(Cc2ccc(C(=O)Nc3ccc(CCN(C)C)cc3)cc2)c(C)c1[N+](=O)[O-]. The number of benzene rings is 2. The fourth-order valence-corrected chi connectivity index (χ4v) is 3.35. The molecule has 8 nitrogen and oxygen atoms in total. The zero-order valence-corrected chi connectivity index (χ0v) is 18.3. The summed E-state index contributed by atoms with van der Waals surface area (Å²) < 4.78 is 1.61. The van der Waals surface area contributed by atoms with Crippen LogP contribution in [0.15, 0.2) is 48.5 Å². The Morgan fingerprint density at radius 3 is 2.23 bits per heavy atom. The second kappa shape index (κ2) is 9.53. The number of aromatic nitrogens is 2. The van der Waals surface area contributed by atoms with Gasteiger partial charge < -0.3 is 10.2 Å². The zero-order chi connectivity index (χ0) is 22.5. The molecule has 0 unspecified atom stereocenters. The van der Waals surface area contributed by atoms with E-state index in [0.29, 0.717) is 23.5 Å². The highest BCUT2D eigenvalue weighted by Gasteiger charge is 2.21. The number of amides is 1. The van der Waals surface area contributed by atoms with E-state index in [1.165, 1.54) is 5.56 Å². The summed E-state index contributed by atoms with van der Waals surface area (Å²) in [6.45, 7) is 4.69. The molecule has 0 fully saturated rings. The normalized spacial score (nSPS) is 11.0. The van der Waals surface area contributed by atoms with Crippen molar-refractivity contribution >= 4 is 17.3 Å². The van der Waals surface area contributed by atoms with Crippen LogP contribution in [0.4, 0.5) is 11.4 Å². The first-order chi connectivity index (χ1) is 14.7. The minimum atomic E-state index is -0.406. The minimum absolute atomic E-state index is 0.0451. The molecule has 0 spiro atoms. The quantitative estimate of drug-likeness (QED) is 0.441. The molecule has 0 aliphatic carbocycles. The maximum Gasteiger partial charge on any atom is 0.312 e. The molecule has 0 aliphatic rings. The topological polar surface area (TPSA) is 93.3 Å². The lowest BCUT2D eigenvalue weighted by Gasteiger charge is -2.10. The van der Waals surface area contributed by atoms with Gasteiger partial charge in [-0.05, 0) is 69.8 Å². The van der Waals surface area contributed by atoms with Crippen molar-refractivity contribution in [2.45, 2.75) is 26.8 Å². The number of likely N-dealkylation sites (N-methyl/N-ethyl adjacent to an activating group) is 1. The molecule has 0 aliphatic heterocycles. The summed E-state index contributed by atoms with van der Waals surface area (Å²) in [7, 11) is 4.09. The molecule has 1 N–H and O–H groups in total. The van der Waals surface area contributed by atoms with Crippen LogP contribution in [-0.2, 0) is 13.0 Å². The van der Waals surface area contributed by atoms with Gasteiger partial charge in [-0.3, -0.25) is 19.6 Å². The van der Waals surface area contributed by atoms with Crippen molar-refractivity contribution in [3.05, 3.63) is 86.7 Å². The summed E-state index contributed by atoms with van der Waals surface area (Å²) in [6, 6.07) is 15.0. The largest absolute Gasteiger partial charge is 0.322 e. The molecule has 8 heteroatoms. The molecular formula is C23H27N5O3. The average Bonchev–Trinajstić information content (AvgIpc) is 3.01. The van der Waals surface area contributed by atoms with Crippen LogP contribution in [0.3, 0.4) is 0 Å². The van der Waals surface area contributed by atoms with Crippen LogP contribution in [0.5, 0.6) is 0 Å².